The Bertz CT molecular complexity index is 743. The van der Waals surface area contributed by atoms with E-state index in [1.807, 2.05) is 12.1 Å². The summed E-state index contributed by atoms with van der Waals surface area (Å²) in [6.45, 7) is 3.22. The summed E-state index contributed by atoms with van der Waals surface area (Å²) in [4.78, 5) is 14.0. The zero-order chi connectivity index (χ0) is 14.8. The first kappa shape index (κ1) is 13.4. The number of ketones is 1. The lowest BCUT2D eigenvalue weighted by atomic mass is 9.97. The number of benzene rings is 2. The third kappa shape index (κ3) is 2.53. The van der Waals surface area contributed by atoms with E-state index in [1.54, 1.807) is 19.1 Å². The van der Waals surface area contributed by atoms with E-state index in [2.05, 4.69) is 29.2 Å². The molecule has 0 spiro atoms. The lowest BCUT2D eigenvalue weighted by molar-refractivity contribution is 0.101. The van der Waals surface area contributed by atoms with E-state index >= 15 is 0 Å². The third-order valence-electron chi connectivity index (χ3n) is 3.98. The van der Waals surface area contributed by atoms with Crippen LogP contribution in [0.5, 0.6) is 0 Å². The number of nitrogens with zero attached hydrogens (tertiary/aromatic N) is 2. The van der Waals surface area contributed by atoms with Crippen molar-refractivity contribution >= 4 is 11.5 Å². The van der Waals surface area contributed by atoms with Gasteiger partial charge in [-0.15, -0.1) is 0 Å². The summed E-state index contributed by atoms with van der Waals surface area (Å²) >= 11 is 0. The van der Waals surface area contributed by atoms with Crippen molar-refractivity contribution in [2.24, 2.45) is 0 Å². The summed E-state index contributed by atoms with van der Waals surface area (Å²) in [5.41, 5.74) is 4.81. The van der Waals surface area contributed by atoms with Gasteiger partial charge in [0.15, 0.2) is 5.78 Å². The molecule has 0 saturated heterocycles. The Hall–Kier alpha value is -2.60. The molecule has 1 aliphatic heterocycles. The van der Waals surface area contributed by atoms with Gasteiger partial charge in [0, 0.05) is 24.3 Å². The molecule has 0 bridgehead atoms. The monoisotopic (exact) mass is 276 g/mol. The molecule has 0 unspecified atom stereocenters. The molecular weight excluding hydrogens is 260 g/mol. The van der Waals surface area contributed by atoms with Crippen LogP contribution in [0.15, 0.2) is 42.5 Å². The number of fused-ring (bicyclic) bond motifs is 1. The maximum atomic E-state index is 11.8. The average molecular weight is 276 g/mol. The molecule has 104 valence electrons. The van der Waals surface area contributed by atoms with E-state index in [4.69, 9.17) is 5.26 Å². The van der Waals surface area contributed by atoms with Crippen LogP contribution in [0.4, 0.5) is 5.69 Å². The Morgan fingerprint density at radius 1 is 1.19 bits per heavy atom. The van der Waals surface area contributed by atoms with E-state index in [0.29, 0.717) is 11.1 Å². The molecule has 1 heterocycles. The standard InChI is InChI=1S/C18H16N2O/c1-13(21)17-7-6-14(11-19)10-18(17)20-9-8-15-4-2-3-5-16(15)12-20/h2-7,10H,8-9,12H2,1H3. The van der Waals surface area contributed by atoms with Gasteiger partial charge in [0.2, 0.25) is 0 Å². The molecule has 0 aliphatic carbocycles. The van der Waals surface area contributed by atoms with E-state index in [1.165, 1.54) is 11.1 Å². The number of rotatable bonds is 2. The highest BCUT2D eigenvalue weighted by Gasteiger charge is 2.20. The predicted molar refractivity (Wildman–Crippen MR) is 82.4 cm³/mol. The number of anilines is 1. The van der Waals surface area contributed by atoms with Crippen LogP contribution in [-0.2, 0) is 13.0 Å². The van der Waals surface area contributed by atoms with Crippen molar-refractivity contribution in [3.63, 3.8) is 0 Å². The fourth-order valence-corrected chi connectivity index (χ4v) is 2.86. The predicted octanol–water partition coefficient (Wildman–Crippen LogP) is 3.32. The minimum Gasteiger partial charge on any atom is -0.366 e. The first-order valence-electron chi connectivity index (χ1n) is 7.06. The molecule has 2 aromatic carbocycles. The smallest absolute Gasteiger partial charge is 0.161 e. The average Bonchev–Trinajstić information content (AvgIpc) is 2.53. The molecule has 21 heavy (non-hydrogen) atoms. The largest absolute Gasteiger partial charge is 0.366 e. The summed E-state index contributed by atoms with van der Waals surface area (Å²) in [6.07, 6.45) is 0.963. The van der Waals surface area contributed by atoms with Gasteiger partial charge in [-0.2, -0.15) is 5.26 Å². The van der Waals surface area contributed by atoms with E-state index in [0.717, 1.165) is 25.2 Å². The second kappa shape index (κ2) is 5.41. The number of hydrogen-bond donors (Lipinski definition) is 0. The highest BCUT2D eigenvalue weighted by atomic mass is 16.1. The number of nitriles is 1. The first-order chi connectivity index (χ1) is 10.2. The van der Waals surface area contributed by atoms with Crippen LogP contribution in [0.2, 0.25) is 0 Å². The number of carbonyl (C=O) groups is 1. The van der Waals surface area contributed by atoms with Crippen molar-refractivity contribution in [1.82, 2.24) is 0 Å². The Morgan fingerprint density at radius 3 is 2.67 bits per heavy atom. The van der Waals surface area contributed by atoms with Crippen molar-refractivity contribution in [2.75, 3.05) is 11.4 Å². The number of Topliss-reactive ketones (excluding diaryl/α,β-unsaturated/α-hetero) is 1. The third-order valence-corrected chi connectivity index (χ3v) is 3.98. The highest BCUT2D eigenvalue weighted by molar-refractivity contribution is 6.00. The van der Waals surface area contributed by atoms with Crippen LogP contribution < -0.4 is 4.90 Å². The summed E-state index contributed by atoms with van der Waals surface area (Å²) in [6, 6.07) is 15.8. The van der Waals surface area contributed by atoms with Crippen LogP contribution in [0.1, 0.15) is 34.0 Å². The van der Waals surface area contributed by atoms with Crippen LogP contribution in [-0.4, -0.2) is 12.3 Å². The van der Waals surface area contributed by atoms with Crippen molar-refractivity contribution in [1.29, 1.82) is 5.26 Å². The van der Waals surface area contributed by atoms with Gasteiger partial charge in [-0.25, -0.2) is 0 Å². The lowest BCUT2D eigenvalue weighted by Gasteiger charge is -2.32. The van der Waals surface area contributed by atoms with Crippen LogP contribution >= 0.6 is 0 Å². The second-order valence-corrected chi connectivity index (χ2v) is 5.34. The van der Waals surface area contributed by atoms with Crippen LogP contribution in [0, 0.1) is 11.3 Å². The van der Waals surface area contributed by atoms with Crippen LogP contribution in [0.3, 0.4) is 0 Å². The molecule has 0 saturated carbocycles. The lowest BCUT2D eigenvalue weighted by Crippen LogP contribution is -2.31. The van der Waals surface area contributed by atoms with E-state index < -0.39 is 0 Å². The Labute approximate surface area is 124 Å². The molecule has 0 aromatic heterocycles. The van der Waals surface area contributed by atoms with Crippen LogP contribution in [0.25, 0.3) is 0 Å². The molecule has 0 amide bonds. The maximum absolute atomic E-state index is 11.8. The molecule has 1 aliphatic rings. The summed E-state index contributed by atoms with van der Waals surface area (Å²) in [5, 5.41) is 9.09. The van der Waals surface area contributed by atoms with Gasteiger partial charge in [-0.1, -0.05) is 24.3 Å². The number of carbonyl (C=O) groups excluding carboxylic acids is 1. The fourth-order valence-electron chi connectivity index (χ4n) is 2.86. The molecule has 3 nitrogen and oxygen atoms in total. The molecule has 3 rings (SSSR count). The molecule has 3 heteroatoms. The van der Waals surface area contributed by atoms with Crippen molar-refractivity contribution in [2.45, 2.75) is 19.9 Å². The van der Waals surface area contributed by atoms with E-state index in [9.17, 15) is 4.79 Å². The minimum atomic E-state index is 0.0355. The number of hydrogen-bond acceptors (Lipinski definition) is 3. The summed E-state index contributed by atoms with van der Waals surface area (Å²) in [5.74, 6) is 0.0355. The van der Waals surface area contributed by atoms with Crippen molar-refractivity contribution in [3.05, 3.63) is 64.7 Å². The fraction of sp³-hybridized carbons (Fsp3) is 0.222. The van der Waals surface area contributed by atoms with Gasteiger partial charge >= 0.3 is 0 Å². The molecule has 0 N–H and O–H groups in total. The Morgan fingerprint density at radius 2 is 1.95 bits per heavy atom. The minimum absolute atomic E-state index is 0.0355. The SMILES string of the molecule is CC(=O)c1ccc(C#N)cc1N1CCc2ccccc2C1. The Kier molecular flexibility index (Phi) is 3.45. The normalized spacial score (nSPS) is 13.4. The molecular formula is C18H16N2O. The van der Waals surface area contributed by atoms with Gasteiger partial charge in [0.05, 0.1) is 11.6 Å². The summed E-state index contributed by atoms with van der Waals surface area (Å²) in [7, 11) is 0. The van der Waals surface area contributed by atoms with Crippen molar-refractivity contribution < 1.29 is 4.79 Å². The summed E-state index contributed by atoms with van der Waals surface area (Å²) < 4.78 is 0. The molecule has 0 atom stereocenters. The van der Waals surface area contributed by atoms with Gasteiger partial charge in [0.1, 0.15) is 0 Å². The molecule has 0 radical (unpaired) electrons. The second-order valence-electron chi connectivity index (χ2n) is 5.34. The quantitative estimate of drug-likeness (QED) is 0.790. The van der Waals surface area contributed by atoms with Gasteiger partial charge in [-0.3, -0.25) is 4.79 Å². The first-order valence-corrected chi connectivity index (χ1v) is 7.06. The van der Waals surface area contributed by atoms with Crippen molar-refractivity contribution in [3.8, 4) is 6.07 Å². The topological polar surface area (TPSA) is 44.1 Å². The van der Waals surface area contributed by atoms with Gasteiger partial charge in [-0.05, 0) is 42.7 Å². The zero-order valence-electron chi connectivity index (χ0n) is 12.0. The Balaban J connectivity index is 2.01. The zero-order valence-corrected chi connectivity index (χ0v) is 12.0. The molecule has 0 fully saturated rings. The van der Waals surface area contributed by atoms with E-state index in [-0.39, 0.29) is 5.78 Å². The maximum Gasteiger partial charge on any atom is 0.161 e. The van der Waals surface area contributed by atoms with Gasteiger partial charge < -0.3 is 4.90 Å². The highest BCUT2D eigenvalue weighted by Crippen LogP contribution is 2.28. The molecule has 2 aromatic rings. The van der Waals surface area contributed by atoms with Gasteiger partial charge in [0.25, 0.3) is 0 Å².